The lowest BCUT2D eigenvalue weighted by Crippen LogP contribution is -2.71. The third kappa shape index (κ3) is 2.29. The van der Waals surface area contributed by atoms with E-state index in [0.29, 0.717) is 6.04 Å². The molecule has 4 heteroatoms. The second-order valence-corrected chi connectivity index (χ2v) is 7.55. The Morgan fingerprint density at radius 3 is 1.75 bits per heavy atom. The number of hydrogen-bond donors (Lipinski definition) is 2. The van der Waals surface area contributed by atoms with Crippen LogP contribution in [0.25, 0.3) is 0 Å². The molecule has 0 atom stereocenters. The first-order valence-electron chi connectivity index (χ1n) is 4.64. The molecule has 12 heavy (non-hydrogen) atoms. The highest BCUT2D eigenvalue weighted by atomic mass is 28.4. The van der Waals surface area contributed by atoms with Gasteiger partial charge in [-0.1, -0.05) is 20.8 Å². The molecular weight excluding hydrogens is 166 g/mol. The van der Waals surface area contributed by atoms with E-state index in [4.69, 9.17) is 0 Å². The maximum absolute atomic E-state index is 3.45. The molecule has 0 aliphatic heterocycles. The van der Waals surface area contributed by atoms with Crippen LogP contribution in [0.2, 0.25) is 6.04 Å². The molecule has 0 saturated heterocycles. The van der Waals surface area contributed by atoms with E-state index in [1.165, 1.54) is 6.04 Å². The molecule has 0 aromatic carbocycles. The minimum Gasteiger partial charge on any atom is -0.316 e. The molecule has 0 aliphatic rings. The third-order valence-electron chi connectivity index (χ3n) is 2.72. The molecule has 0 unspecified atom stereocenters. The molecule has 0 aromatic heterocycles. The number of nitrogens with one attached hydrogen (secondary N) is 2. The van der Waals surface area contributed by atoms with Gasteiger partial charge in [-0.2, -0.15) is 0 Å². The van der Waals surface area contributed by atoms with Crippen LogP contribution in [0.1, 0.15) is 20.8 Å². The summed E-state index contributed by atoms with van der Waals surface area (Å²) in [7, 11) is 4.73. The molecule has 0 fully saturated rings. The Balaban J connectivity index is 4.46. The van der Waals surface area contributed by atoms with Crippen LogP contribution in [0.3, 0.4) is 0 Å². The van der Waals surface area contributed by atoms with Gasteiger partial charge in [-0.05, 0) is 33.2 Å². The third-order valence-corrected chi connectivity index (χ3v) is 7.11. The van der Waals surface area contributed by atoms with Crippen LogP contribution in [0.4, 0.5) is 0 Å². The molecule has 74 valence electrons. The van der Waals surface area contributed by atoms with E-state index in [1.807, 2.05) is 14.1 Å². The summed E-state index contributed by atoms with van der Waals surface area (Å²) in [4.78, 5) is 6.90. The van der Waals surface area contributed by atoms with Gasteiger partial charge in [0.15, 0.2) is 0 Å². The van der Waals surface area contributed by atoms with Crippen molar-refractivity contribution in [2.75, 3.05) is 21.1 Å². The summed E-state index contributed by atoms with van der Waals surface area (Å²) in [5, 5.41) is 0. The van der Waals surface area contributed by atoms with Crippen molar-refractivity contribution in [3.63, 3.8) is 0 Å². The van der Waals surface area contributed by atoms with Crippen molar-refractivity contribution in [3.8, 4) is 0 Å². The second-order valence-electron chi connectivity index (χ2n) is 3.42. The van der Waals surface area contributed by atoms with Gasteiger partial charge in [0.1, 0.15) is 0 Å². The fraction of sp³-hybridized carbons (Fsp3) is 1.00. The van der Waals surface area contributed by atoms with Gasteiger partial charge in [0, 0.05) is 0 Å². The lowest BCUT2D eigenvalue weighted by Gasteiger charge is -2.40. The molecule has 0 bridgehead atoms. The summed E-state index contributed by atoms with van der Waals surface area (Å²) < 4.78 is 2.44. The highest BCUT2D eigenvalue weighted by Gasteiger charge is 2.34. The van der Waals surface area contributed by atoms with E-state index in [1.54, 1.807) is 0 Å². The molecule has 3 nitrogen and oxygen atoms in total. The zero-order chi connectivity index (χ0) is 9.78. The largest absolute Gasteiger partial charge is 0.316 e. The van der Waals surface area contributed by atoms with Crippen LogP contribution in [0.5, 0.6) is 0 Å². The summed E-state index contributed by atoms with van der Waals surface area (Å²) in [5.41, 5.74) is 0. The Kier molecular flexibility index (Phi) is 5.00. The Labute approximate surface area is 77.8 Å². The molecule has 0 saturated carbocycles. The van der Waals surface area contributed by atoms with E-state index in [-0.39, 0.29) is 0 Å². The number of rotatable bonds is 5. The SMILES string of the molecule is CC[Si](NC)(NC)N(C)C(C)C. The Morgan fingerprint density at radius 2 is 1.67 bits per heavy atom. The second kappa shape index (κ2) is 4.96. The molecule has 0 rings (SSSR count). The van der Waals surface area contributed by atoms with Gasteiger partial charge in [0.2, 0.25) is 0 Å². The molecule has 0 amide bonds. The van der Waals surface area contributed by atoms with Gasteiger partial charge in [-0.15, -0.1) is 0 Å². The minimum atomic E-state index is -1.55. The fourth-order valence-corrected chi connectivity index (χ4v) is 4.56. The van der Waals surface area contributed by atoms with Crippen molar-refractivity contribution < 1.29 is 0 Å². The highest BCUT2D eigenvalue weighted by Crippen LogP contribution is 2.08. The quantitative estimate of drug-likeness (QED) is 0.624. The van der Waals surface area contributed by atoms with Crippen LogP contribution < -0.4 is 9.96 Å². The summed E-state index contributed by atoms with van der Waals surface area (Å²) >= 11 is 0. The Bertz CT molecular complexity index is 115. The van der Waals surface area contributed by atoms with Crippen molar-refractivity contribution in [2.45, 2.75) is 32.9 Å². The smallest absolute Gasteiger partial charge is 0.283 e. The molecule has 0 radical (unpaired) electrons. The zero-order valence-corrected chi connectivity index (χ0v) is 10.2. The molecule has 2 N–H and O–H groups in total. The van der Waals surface area contributed by atoms with Crippen LogP contribution >= 0.6 is 0 Å². The van der Waals surface area contributed by atoms with Crippen molar-refractivity contribution in [1.82, 2.24) is 14.5 Å². The van der Waals surface area contributed by atoms with Gasteiger partial charge in [0.25, 0.3) is 8.56 Å². The number of nitrogens with zero attached hydrogens (tertiary/aromatic N) is 1. The Morgan fingerprint density at radius 1 is 1.25 bits per heavy atom. The molecular formula is C8H23N3Si. The number of hydrogen-bond acceptors (Lipinski definition) is 3. The van der Waals surface area contributed by atoms with E-state index in [2.05, 4.69) is 42.3 Å². The summed E-state index contributed by atoms with van der Waals surface area (Å²) in [5.74, 6) is 0. The van der Waals surface area contributed by atoms with E-state index >= 15 is 0 Å². The summed E-state index contributed by atoms with van der Waals surface area (Å²) in [6, 6.07) is 1.77. The predicted octanol–water partition coefficient (Wildman–Crippen LogP) is 0.724. The van der Waals surface area contributed by atoms with Gasteiger partial charge >= 0.3 is 0 Å². The maximum atomic E-state index is 3.45. The van der Waals surface area contributed by atoms with Crippen molar-refractivity contribution >= 4 is 8.56 Å². The van der Waals surface area contributed by atoms with Gasteiger partial charge in [-0.3, -0.25) is 0 Å². The Hall–Kier alpha value is 0.0969. The first-order valence-corrected chi connectivity index (χ1v) is 6.80. The first kappa shape index (κ1) is 12.1. The van der Waals surface area contributed by atoms with Gasteiger partial charge in [-0.25, -0.2) is 0 Å². The maximum Gasteiger partial charge on any atom is 0.283 e. The van der Waals surface area contributed by atoms with Crippen molar-refractivity contribution in [3.05, 3.63) is 0 Å². The van der Waals surface area contributed by atoms with Gasteiger partial charge < -0.3 is 14.5 Å². The lowest BCUT2D eigenvalue weighted by molar-refractivity contribution is 0.396. The first-order chi connectivity index (χ1) is 5.54. The van der Waals surface area contributed by atoms with Crippen molar-refractivity contribution in [2.24, 2.45) is 0 Å². The van der Waals surface area contributed by atoms with Crippen LogP contribution in [-0.2, 0) is 0 Å². The summed E-state index contributed by atoms with van der Waals surface area (Å²) in [6.45, 7) is 6.69. The topological polar surface area (TPSA) is 27.3 Å². The molecule has 0 aliphatic carbocycles. The molecule has 0 heterocycles. The van der Waals surface area contributed by atoms with Crippen LogP contribution in [-0.4, -0.2) is 40.3 Å². The normalized spacial score (nSPS) is 13.0. The molecule has 0 spiro atoms. The molecule has 0 aromatic rings. The van der Waals surface area contributed by atoms with E-state index < -0.39 is 8.56 Å². The fourth-order valence-electron chi connectivity index (χ4n) is 1.52. The van der Waals surface area contributed by atoms with Crippen LogP contribution in [0.15, 0.2) is 0 Å². The average Bonchev–Trinajstić information content (AvgIpc) is 2.08. The lowest BCUT2D eigenvalue weighted by atomic mass is 10.4. The van der Waals surface area contributed by atoms with E-state index in [9.17, 15) is 0 Å². The zero-order valence-electron chi connectivity index (χ0n) is 9.23. The standard InChI is InChI=1S/C8H23N3Si/c1-7-12(9-4,10-5)11(6)8(2)3/h8-10H,7H2,1-6H3. The predicted molar refractivity (Wildman–Crippen MR) is 57.3 cm³/mol. The van der Waals surface area contributed by atoms with E-state index in [0.717, 1.165) is 0 Å². The highest BCUT2D eigenvalue weighted by molar-refractivity contribution is 6.72. The minimum absolute atomic E-state index is 0.594. The summed E-state index contributed by atoms with van der Waals surface area (Å²) in [6.07, 6.45) is 0. The monoisotopic (exact) mass is 189 g/mol. The van der Waals surface area contributed by atoms with Crippen molar-refractivity contribution in [1.29, 1.82) is 0 Å². The van der Waals surface area contributed by atoms with Gasteiger partial charge in [0.05, 0.1) is 0 Å². The van der Waals surface area contributed by atoms with Crippen LogP contribution in [0, 0.1) is 0 Å². The average molecular weight is 189 g/mol.